The van der Waals surface area contributed by atoms with Gasteiger partial charge in [0.2, 0.25) is 5.91 Å². The van der Waals surface area contributed by atoms with E-state index in [1.165, 1.54) is 24.8 Å². The molecule has 2 N–H and O–H groups in total. The second kappa shape index (κ2) is 6.39. The summed E-state index contributed by atoms with van der Waals surface area (Å²) in [6, 6.07) is 8.17. The molecule has 0 radical (unpaired) electrons. The predicted molar refractivity (Wildman–Crippen MR) is 105 cm³/mol. The minimum atomic E-state index is -0.155. The van der Waals surface area contributed by atoms with Crippen LogP contribution >= 0.6 is 12.2 Å². The summed E-state index contributed by atoms with van der Waals surface area (Å²) >= 11 is 5.47. The largest absolute Gasteiger partial charge is 0.332 e. The van der Waals surface area contributed by atoms with Crippen molar-refractivity contribution >= 4 is 28.9 Å². The van der Waals surface area contributed by atoms with Gasteiger partial charge in [0.05, 0.1) is 5.41 Å². The molecular formula is C21H28N2OS. The standard InChI is InChI=1S/C21H28N2OS/c1-13(2)17-5-3-4-6-18(17)22-20(25)23-19(24)21-10-14-7-15(11-21)9-16(8-14)12-21/h3-6,13-16H,7-12H2,1-2H3,(H2,22,23,24,25). The molecule has 4 heteroatoms. The molecule has 0 atom stereocenters. The Morgan fingerprint density at radius 3 is 2.20 bits per heavy atom. The Morgan fingerprint density at radius 2 is 1.64 bits per heavy atom. The number of carbonyl (C=O) groups is 1. The van der Waals surface area contributed by atoms with Gasteiger partial charge in [-0.05, 0) is 86.0 Å². The third-order valence-corrected chi connectivity index (χ3v) is 6.78. The number of hydrogen-bond acceptors (Lipinski definition) is 2. The first-order chi connectivity index (χ1) is 11.9. The molecule has 1 aromatic carbocycles. The number of thiocarbonyl (C=S) groups is 1. The SMILES string of the molecule is CC(C)c1ccccc1NC(=S)NC(=O)C12CC3CC(CC(C3)C1)C2. The molecule has 1 aromatic rings. The molecule has 134 valence electrons. The highest BCUT2D eigenvalue weighted by Gasteiger charge is 2.54. The Hall–Kier alpha value is -1.42. The van der Waals surface area contributed by atoms with Crippen LogP contribution in [0.5, 0.6) is 0 Å². The zero-order chi connectivity index (χ0) is 17.6. The monoisotopic (exact) mass is 356 g/mol. The van der Waals surface area contributed by atoms with Gasteiger partial charge >= 0.3 is 0 Å². The van der Waals surface area contributed by atoms with Gasteiger partial charge in [-0.1, -0.05) is 32.0 Å². The summed E-state index contributed by atoms with van der Waals surface area (Å²) in [5, 5.41) is 6.73. The van der Waals surface area contributed by atoms with Gasteiger partial charge in [0.15, 0.2) is 5.11 Å². The van der Waals surface area contributed by atoms with Crippen LogP contribution in [0.4, 0.5) is 5.69 Å². The number of benzene rings is 1. The van der Waals surface area contributed by atoms with E-state index in [1.54, 1.807) is 0 Å². The summed E-state index contributed by atoms with van der Waals surface area (Å²) in [6.07, 6.45) is 7.23. The van der Waals surface area contributed by atoms with E-state index < -0.39 is 0 Å². The molecule has 0 spiro atoms. The second-order valence-corrected chi connectivity index (χ2v) is 9.26. The van der Waals surface area contributed by atoms with Gasteiger partial charge in [-0.2, -0.15) is 0 Å². The van der Waals surface area contributed by atoms with Gasteiger partial charge in [-0.15, -0.1) is 0 Å². The lowest BCUT2D eigenvalue weighted by Gasteiger charge is -2.55. The number of nitrogens with one attached hydrogen (secondary N) is 2. The number of para-hydroxylation sites is 1. The molecule has 0 aromatic heterocycles. The van der Waals surface area contributed by atoms with E-state index in [9.17, 15) is 4.79 Å². The zero-order valence-corrected chi connectivity index (χ0v) is 16.0. The second-order valence-electron chi connectivity index (χ2n) is 8.85. The zero-order valence-electron chi connectivity index (χ0n) is 15.2. The molecule has 1 amide bonds. The average molecular weight is 357 g/mol. The Morgan fingerprint density at radius 1 is 1.08 bits per heavy atom. The Labute approximate surface area is 156 Å². The molecule has 4 saturated carbocycles. The van der Waals surface area contributed by atoms with Gasteiger partial charge in [-0.25, -0.2) is 0 Å². The van der Waals surface area contributed by atoms with Crippen molar-refractivity contribution < 1.29 is 4.79 Å². The summed E-state index contributed by atoms with van der Waals surface area (Å²) in [5.74, 6) is 2.86. The van der Waals surface area contributed by atoms with Crippen LogP contribution in [0.1, 0.15) is 63.9 Å². The first kappa shape index (κ1) is 17.0. The summed E-state index contributed by atoms with van der Waals surface area (Å²) in [6.45, 7) is 4.33. The molecular weight excluding hydrogens is 328 g/mol. The maximum Gasteiger partial charge on any atom is 0.232 e. The van der Waals surface area contributed by atoms with E-state index in [0.717, 1.165) is 42.7 Å². The quantitative estimate of drug-likeness (QED) is 0.762. The van der Waals surface area contributed by atoms with Crippen LogP contribution in [-0.2, 0) is 4.79 Å². The van der Waals surface area contributed by atoms with Gasteiger partial charge in [-0.3, -0.25) is 4.79 Å². The van der Waals surface area contributed by atoms with Crippen LogP contribution in [0, 0.1) is 23.2 Å². The van der Waals surface area contributed by atoms with E-state index in [4.69, 9.17) is 12.2 Å². The molecule has 5 rings (SSSR count). The molecule has 4 fully saturated rings. The highest BCUT2D eigenvalue weighted by molar-refractivity contribution is 7.80. The minimum Gasteiger partial charge on any atom is -0.332 e. The van der Waals surface area contributed by atoms with Gasteiger partial charge in [0.25, 0.3) is 0 Å². The van der Waals surface area contributed by atoms with Gasteiger partial charge in [0.1, 0.15) is 0 Å². The highest BCUT2D eigenvalue weighted by atomic mass is 32.1. The highest BCUT2D eigenvalue weighted by Crippen LogP contribution is 2.60. The third-order valence-electron chi connectivity index (χ3n) is 6.58. The molecule has 0 heterocycles. The lowest BCUT2D eigenvalue weighted by molar-refractivity contribution is -0.144. The van der Waals surface area contributed by atoms with Crippen molar-refractivity contribution in [2.45, 2.75) is 58.3 Å². The first-order valence-electron chi connectivity index (χ1n) is 9.66. The van der Waals surface area contributed by atoms with Crippen molar-refractivity contribution in [1.29, 1.82) is 0 Å². The Kier molecular flexibility index (Phi) is 4.35. The fourth-order valence-electron chi connectivity index (χ4n) is 5.89. The molecule has 0 unspecified atom stereocenters. The Bertz CT molecular complexity index is 662. The third kappa shape index (κ3) is 3.21. The molecule has 0 saturated heterocycles. The van der Waals surface area contributed by atoms with E-state index in [1.807, 2.05) is 18.2 Å². The van der Waals surface area contributed by atoms with E-state index in [2.05, 4.69) is 30.5 Å². The van der Waals surface area contributed by atoms with Crippen molar-refractivity contribution in [2.75, 3.05) is 5.32 Å². The average Bonchev–Trinajstić information content (AvgIpc) is 2.53. The summed E-state index contributed by atoms with van der Waals surface area (Å²) < 4.78 is 0. The summed E-state index contributed by atoms with van der Waals surface area (Å²) in [5.41, 5.74) is 2.06. The topological polar surface area (TPSA) is 41.1 Å². The summed E-state index contributed by atoms with van der Waals surface area (Å²) in [4.78, 5) is 13.1. The maximum absolute atomic E-state index is 13.1. The molecule has 4 aliphatic carbocycles. The fourth-order valence-corrected chi connectivity index (χ4v) is 6.09. The van der Waals surface area contributed by atoms with E-state index in [-0.39, 0.29) is 11.3 Å². The van der Waals surface area contributed by atoms with Crippen LogP contribution < -0.4 is 10.6 Å². The van der Waals surface area contributed by atoms with Crippen molar-refractivity contribution in [3.05, 3.63) is 29.8 Å². The van der Waals surface area contributed by atoms with Gasteiger partial charge in [0, 0.05) is 5.69 Å². The molecule has 4 bridgehead atoms. The van der Waals surface area contributed by atoms with Crippen molar-refractivity contribution in [3.8, 4) is 0 Å². The molecule has 4 aliphatic rings. The predicted octanol–water partition coefficient (Wildman–Crippen LogP) is 4.84. The number of amides is 1. The fraction of sp³-hybridized carbons (Fsp3) is 0.619. The first-order valence-corrected chi connectivity index (χ1v) is 10.1. The van der Waals surface area contributed by atoms with Crippen LogP contribution in [0.25, 0.3) is 0 Å². The van der Waals surface area contributed by atoms with E-state index in [0.29, 0.717) is 11.0 Å². The lowest BCUT2D eigenvalue weighted by atomic mass is 9.49. The van der Waals surface area contributed by atoms with Crippen LogP contribution in [0.15, 0.2) is 24.3 Å². The number of anilines is 1. The Balaban J connectivity index is 1.44. The smallest absolute Gasteiger partial charge is 0.232 e. The number of rotatable bonds is 3. The van der Waals surface area contributed by atoms with Crippen LogP contribution in [0.2, 0.25) is 0 Å². The maximum atomic E-state index is 13.1. The van der Waals surface area contributed by atoms with Crippen molar-refractivity contribution in [1.82, 2.24) is 5.32 Å². The number of hydrogen-bond donors (Lipinski definition) is 2. The summed E-state index contributed by atoms with van der Waals surface area (Å²) in [7, 11) is 0. The minimum absolute atomic E-state index is 0.155. The van der Waals surface area contributed by atoms with Crippen molar-refractivity contribution in [2.24, 2.45) is 23.2 Å². The van der Waals surface area contributed by atoms with Crippen LogP contribution in [0.3, 0.4) is 0 Å². The van der Waals surface area contributed by atoms with Gasteiger partial charge < -0.3 is 10.6 Å². The van der Waals surface area contributed by atoms with Crippen LogP contribution in [-0.4, -0.2) is 11.0 Å². The van der Waals surface area contributed by atoms with Crippen molar-refractivity contribution in [3.63, 3.8) is 0 Å². The molecule has 25 heavy (non-hydrogen) atoms. The van der Waals surface area contributed by atoms with E-state index >= 15 is 0 Å². The molecule has 3 nitrogen and oxygen atoms in total. The lowest BCUT2D eigenvalue weighted by Crippen LogP contribution is -2.55. The normalized spacial score (nSPS) is 32.7. The molecule has 0 aliphatic heterocycles. The number of carbonyl (C=O) groups excluding carboxylic acids is 1.